The van der Waals surface area contributed by atoms with E-state index in [1.807, 2.05) is 17.7 Å². The third-order valence-corrected chi connectivity index (χ3v) is 5.31. The SMILES string of the molecule is CCO[C@H]1C[C@@H](NC(=O)c2cn(C(C)C)cn2)C12CCOCC2. The van der Waals surface area contributed by atoms with Gasteiger partial charge in [0.15, 0.2) is 0 Å². The van der Waals surface area contributed by atoms with E-state index in [1.54, 1.807) is 6.33 Å². The number of imidazole rings is 1. The van der Waals surface area contributed by atoms with Crippen LogP contribution in [0.15, 0.2) is 12.5 Å². The van der Waals surface area contributed by atoms with Crippen molar-refractivity contribution in [2.24, 2.45) is 5.41 Å². The molecule has 1 saturated heterocycles. The van der Waals surface area contributed by atoms with Crippen LogP contribution in [0.3, 0.4) is 0 Å². The molecule has 1 saturated carbocycles. The first-order valence-electron chi connectivity index (χ1n) is 8.60. The number of ether oxygens (including phenoxy) is 2. The van der Waals surface area contributed by atoms with E-state index in [9.17, 15) is 4.79 Å². The van der Waals surface area contributed by atoms with E-state index in [0.717, 1.165) is 32.5 Å². The molecule has 2 atom stereocenters. The summed E-state index contributed by atoms with van der Waals surface area (Å²) in [4.78, 5) is 16.7. The number of hydrogen-bond acceptors (Lipinski definition) is 4. The summed E-state index contributed by atoms with van der Waals surface area (Å²) in [5.41, 5.74) is 0.519. The lowest BCUT2D eigenvalue weighted by atomic mass is 9.57. The minimum Gasteiger partial charge on any atom is -0.381 e. The van der Waals surface area contributed by atoms with Crippen LogP contribution < -0.4 is 5.32 Å². The van der Waals surface area contributed by atoms with Gasteiger partial charge in [0.05, 0.1) is 12.4 Å². The predicted molar refractivity (Wildman–Crippen MR) is 86.4 cm³/mol. The van der Waals surface area contributed by atoms with Crippen LogP contribution in [-0.2, 0) is 9.47 Å². The molecule has 1 spiro atoms. The van der Waals surface area contributed by atoms with Gasteiger partial charge in [0.25, 0.3) is 5.91 Å². The third kappa shape index (κ3) is 3.02. The van der Waals surface area contributed by atoms with E-state index in [2.05, 4.69) is 24.1 Å². The average molecular weight is 321 g/mol. The first-order valence-corrected chi connectivity index (χ1v) is 8.60. The molecule has 0 radical (unpaired) electrons. The monoisotopic (exact) mass is 321 g/mol. The molecule has 1 aliphatic carbocycles. The Morgan fingerprint density at radius 3 is 2.87 bits per heavy atom. The maximum atomic E-state index is 12.5. The maximum absolute atomic E-state index is 12.5. The minimum atomic E-state index is -0.0878. The van der Waals surface area contributed by atoms with Gasteiger partial charge >= 0.3 is 0 Å². The van der Waals surface area contributed by atoms with Crippen LogP contribution in [-0.4, -0.2) is 47.4 Å². The lowest BCUT2D eigenvalue weighted by Gasteiger charge is -2.57. The highest BCUT2D eigenvalue weighted by Gasteiger charge is 2.56. The first kappa shape index (κ1) is 16.5. The molecule has 3 rings (SSSR count). The molecule has 1 amide bonds. The largest absolute Gasteiger partial charge is 0.381 e. The summed E-state index contributed by atoms with van der Waals surface area (Å²) in [5, 5.41) is 3.18. The zero-order chi connectivity index (χ0) is 16.4. The Labute approximate surface area is 137 Å². The van der Waals surface area contributed by atoms with Gasteiger partial charge in [-0.05, 0) is 40.0 Å². The molecule has 2 heterocycles. The van der Waals surface area contributed by atoms with E-state index in [0.29, 0.717) is 18.3 Å². The number of amides is 1. The van der Waals surface area contributed by atoms with E-state index in [1.165, 1.54) is 0 Å². The highest BCUT2D eigenvalue weighted by Crippen LogP contribution is 2.50. The zero-order valence-electron chi connectivity index (χ0n) is 14.2. The van der Waals surface area contributed by atoms with Gasteiger partial charge in [0.1, 0.15) is 5.69 Å². The summed E-state index contributed by atoms with van der Waals surface area (Å²) in [5.74, 6) is -0.0878. The lowest BCUT2D eigenvalue weighted by molar-refractivity contribution is -0.170. The molecule has 23 heavy (non-hydrogen) atoms. The second-order valence-electron chi connectivity index (χ2n) is 6.85. The van der Waals surface area contributed by atoms with Crippen LogP contribution in [0.1, 0.15) is 56.6 Å². The van der Waals surface area contributed by atoms with Crippen molar-refractivity contribution in [1.29, 1.82) is 0 Å². The van der Waals surface area contributed by atoms with Crippen molar-refractivity contribution in [3.8, 4) is 0 Å². The van der Waals surface area contributed by atoms with Gasteiger partial charge in [-0.15, -0.1) is 0 Å². The highest BCUT2D eigenvalue weighted by atomic mass is 16.5. The topological polar surface area (TPSA) is 65.4 Å². The molecule has 0 aromatic carbocycles. The van der Waals surface area contributed by atoms with Crippen molar-refractivity contribution >= 4 is 5.91 Å². The molecule has 128 valence electrons. The van der Waals surface area contributed by atoms with Crippen LogP contribution in [0.5, 0.6) is 0 Å². The van der Waals surface area contributed by atoms with E-state index >= 15 is 0 Å². The molecule has 2 aliphatic rings. The maximum Gasteiger partial charge on any atom is 0.271 e. The number of carbonyl (C=O) groups is 1. The number of rotatable bonds is 5. The van der Waals surface area contributed by atoms with Crippen molar-refractivity contribution in [3.05, 3.63) is 18.2 Å². The Bertz CT molecular complexity index is 549. The van der Waals surface area contributed by atoms with Crippen molar-refractivity contribution < 1.29 is 14.3 Å². The Hall–Kier alpha value is -1.40. The van der Waals surface area contributed by atoms with Crippen LogP contribution in [0.4, 0.5) is 0 Å². The molecule has 2 fully saturated rings. The fourth-order valence-electron chi connectivity index (χ4n) is 3.78. The fraction of sp³-hybridized carbons (Fsp3) is 0.765. The van der Waals surface area contributed by atoms with Gasteiger partial charge in [-0.25, -0.2) is 4.98 Å². The molecule has 1 aromatic rings. The van der Waals surface area contributed by atoms with Gasteiger partial charge in [-0.3, -0.25) is 4.79 Å². The van der Waals surface area contributed by atoms with E-state index in [-0.39, 0.29) is 23.5 Å². The van der Waals surface area contributed by atoms with E-state index < -0.39 is 0 Å². The van der Waals surface area contributed by atoms with Crippen molar-refractivity contribution in [3.63, 3.8) is 0 Å². The average Bonchev–Trinajstić information content (AvgIpc) is 3.05. The van der Waals surface area contributed by atoms with Crippen molar-refractivity contribution in [1.82, 2.24) is 14.9 Å². The van der Waals surface area contributed by atoms with Crippen LogP contribution in [0, 0.1) is 5.41 Å². The summed E-state index contributed by atoms with van der Waals surface area (Å²) in [6, 6.07) is 0.455. The third-order valence-electron chi connectivity index (χ3n) is 5.31. The number of nitrogens with zero attached hydrogens (tertiary/aromatic N) is 2. The van der Waals surface area contributed by atoms with Gasteiger partial charge in [0, 0.05) is 43.5 Å². The quantitative estimate of drug-likeness (QED) is 0.902. The summed E-state index contributed by atoms with van der Waals surface area (Å²) in [6.07, 6.45) is 6.54. The predicted octanol–water partition coefficient (Wildman–Crippen LogP) is 2.17. The van der Waals surface area contributed by atoms with Gasteiger partial charge in [-0.2, -0.15) is 0 Å². The Balaban J connectivity index is 1.67. The molecule has 1 aromatic heterocycles. The first-order chi connectivity index (χ1) is 11.1. The van der Waals surface area contributed by atoms with Crippen molar-refractivity contribution in [2.45, 2.75) is 58.2 Å². The zero-order valence-corrected chi connectivity index (χ0v) is 14.2. The number of carbonyl (C=O) groups excluding carboxylic acids is 1. The van der Waals surface area contributed by atoms with Crippen LogP contribution >= 0.6 is 0 Å². The second kappa shape index (κ2) is 6.61. The summed E-state index contributed by atoms with van der Waals surface area (Å²) >= 11 is 0. The lowest BCUT2D eigenvalue weighted by Crippen LogP contribution is -2.66. The second-order valence-corrected chi connectivity index (χ2v) is 6.85. The molecular formula is C17H27N3O3. The van der Waals surface area contributed by atoms with Gasteiger partial charge < -0.3 is 19.4 Å². The Kier molecular flexibility index (Phi) is 4.73. The summed E-state index contributed by atoms with van der Waals surface area (Å²) < 4.78 is 13.4. The number of hydrogen-bond donors (Lipinski definition) is 1. The molecule has 6 nitrogen and oxygen atoms in total. The van der Waals surface area contributed by atoms with E-state index in [4.69, 9.17) is 9.47 Å². The molecule has 0 bridgehead atoms. The normalized spacial score (nSPS) is 26.3. The molecule has 1 aliphatic heterocycles. The number of nitrogens with one attached hydrogen (secondary N) is 1. The standard InChI is InChI=1S/C17H27N3O3/c1-4-23-15-9-14(17(15)5-7-22-8-6-17)19-16(21)13-10-20(11-18-13)12(2)3/h10-12,14-15H,4-9H2,1-3H3,(H,19,21)/t14-,15+/m1/s1. The molecule has 0 unspecified atom stereocenters. The van der Waals surface area contributed by atoms with Gasteiger partial charge in [-0.1, -0.05) is 0 Å². The Morgan fingerprint density at radius 1 is 1.52 bits per heavy atom. The highest BCUT2D eigenvalue weighted by molar-refractivity contribution is 5.92. The smallest absolute Gasteiger partial charge is 0.271 e. The minimum absolute atomic E-state index is 0.0323. The fourth-order valence-corrected chi connectivity index (χ4v) is 3.78. The molecule has 6 heteroatoms. The van der Waals surface area contributed by atoms with Crippen LogP contribution in [0.2, 0.25) is 0 Å². The van der Waals surface area contributed by atoms with Crippen molar-refractivity contribution in [2.75, 3.05) is 19.8 Å². The number of aromatic nitrogens is 2. The van der Waals surface area contributed by atoms with Crippen LogP contribution in [0.25, 0.3) is 0 Å². The Morgan fingerprint density at radius 2 is 2.26 bits per heavy atom. The summed E-state index contributed by atoms with van der Waals surface area (Å²) in [6.45, 7) is 8.37. The molecular weight excluding hydrogens is 294 g/mol. The molecule has 1 N–H and O–H groups in total. The summed E-state index contributed by atoms with van der Waals surface area (Å²) in [7, 11) is 0. The van der Waals surface area contributed by atoms with Gasteiger partial charge in [0.2, 0.25) is 0 Å².